The molecule has 0 spiro atoms. The molecule has 0 radical (unpaired) electrons. The van der Waals surface area contributed by atoms with Gasteiger partial charge in [-0.15, -0.1) is 0 Å². The first kappa shape index (κ1) is 17.7. The maximum Gasteiger partial charge on any atom is 0.263 e. The van der Waals surface area contributed by atoms with Crippen LogP contribution in [0.15, 0.2) is 91.0 Å². The van der Waals surface area contributed by atoms with Crippen molar-refractivity contribution in [2.24, 2.45) is 0 Å². The van der Waals surface area contributed by atoms with E-state index < -0.39 is 0 Å². The molecule has 4 heteroatoms. The van der Waals surface area contributed by atoms with Crippen LogP contribution in [0.1, 0.15) is 20.7 Å². The highest BCUT2D eigenvalue weighted by Crippen LogP contribution is 2.43. The molecule has 0 N–H and O–H groups in total. The largest absolute Gasteiger partial charge is 0.308 e. The molecule has 1 aliphatic rings. The third kappa shape index (κ3) is 2.36. The molecular weight excluding hydrogens is 384 g/mol. The van der Waals surface area contributed by atoms with Crippen LogP contribution in [-0.2, 0) is 0 Å². The van der Waals surface area contributed by atoms with Crippen LogP contribution in [0.4, 0.5) is 0 Å². The fourth-order valence-electron chi connectivity index (χ4n) is 4.68. The van der Waals surface area contributed by atoms with Gasteiger partial charge in [-0.25, -0.2) is 0 Å². The van der Waals surface area contributed by atoms with E-state index in [1.807, 2.05) is 78.9 Å². The zero-order chi connectivity index (χ0) is 21.1. The summed E-state index contributed by atoms with van der Waals surface area (Å²) >= 11 is 0. The first-order valence-corrected chi connectivity index (χ1v) is 10.2. The summed E-state index contributed by atoms with van der Waals surface area (Å²) in [5.41, 5.74) is 5.64. The van der Waals surface area contributed by atoms with Gasteiger partial charge >= 0.3 is 0 Å². The van der Waals surface area contributed by atoms with Crippen LogP contribution in [0, 0.1) is 0 Å². The number of para-hydroxylation sites is 2. The molecule has 1 aliphatic heterocycles. The number of carbonyl (C=O) groups is 2. The third-order valence-electron chi connectivity index (χ3n) is 6.09. The van der Waals surface area contributed by atoms with Gasteiger partial charge in [0, 0.05) is 23.5 Å². The van der Waals surface area contributed by atoms with Gasteiger partial charge in [0.2, 0.25) is 0 Å². The predicted octanol–water partition coefficient (Wildman–Crippen LogP) is 5.68. The van der Waals surface area contributed by atoms with Gasteiger partial charge in [0.15, 0.2) is 0 Å². The number of aromatic nitrogens is 1. The lowest BCUT2D eigenvalue weighted by atomic mass is 9.94. The second-order valence-electron chi connectivity index (χ2n) is 7.79. The van der Waals surface area contributed by atoms with Crippen LogP contribution in [0.5, 0.6) is 0 Å². The molecule has 0 aliphatic carbocycles. The maximum absolute atomic E-state index is 13.2. The molecule has 0 fully saturated rings. The first-order valence-electron chi connectivity index (χ1n) is 10.2. The maximum atomic E-state index is 13.2. The highest BCUT2D eigenvalue weighted by molar-refractivity contribution is 6.31. The summed E-state index contributed by atoms with van der Waals surface area (Å²) in [5, 5.41) is 2.04. The Morgan fingerprint density at radius 3 is 2.06 bits per heavy atom. The van der Waals surface area contributed by atoms with E-state index in [-0.39, 0.29) is 11.8 Å². The summed E-state index contributed by atoms with van der Waals surface area (Å²) in [6, 6.07) is 30.1. The molecule has 4 nitrogen and oxygen atoms in total. The molecule has 31 heavy (non-hydrogen) atoms. The van der Waals surface area contributed by atoms with Gasteiger partial charge in [-0.3, -0.25) is 14.5 Å². The van der Waals surface area contributed by atoms with Gasteiger partial charge in [0.1, 0.15) is 0 Å². The second kappa shape index (κ2) is 6.41. The van der Waals surface area contributed by atoms with E-state index in [0.29, 0.717) is 11.1 Å². The van der Waals surface area contributed by atoms with E-state index in [4.69, 9.17) is 0 Å². The second-order valence-corrected chi connectivity index (χ2v) is 7.79. The van der Waals surface area contributed by atoms with Crippen molar-refractivity contribution in [2.45, 2.75) is 0 Å². The van der Waals surface area contributed by atoms with E-state index in [1.165, 1.54) is 4.90 Å². The monoisotopic (exact) mass is 402 g/mol. The summed E-state index contributed by atoms with van der Waals surface area (Å²) in [5.74, 6) is -0.520. The van der Waals surface area contributed by atoms with Crippen LogP contribution in [0.2, 0.25) is 0 Å². The molecule has 2 amide bonds. The summed E-state index contributed by atoms with van der Waals surface area (Å²) in [6.45, 7) is 0. The van der Waals surface area contributed by atoms with E-state index in [2.05, 4.69) is 16.7 Å². The summed E-state index contributed by atoms with van der Waals surface area (Å²) in [7, 11) is 1.55. The number of imide groups is 1. The highest BCUT2D eigenvalue weighted by Gasteiger charge is 2.37. The Balaban J connectivity index is 1.90. The van der Waals surface area contributed by atoms with Crippen LogP contribution in [-0.4, -0.2) is 28.3 Å². The normalized spacial score (nSPS) is 13.4. The lowest BCUT2D eigenvalue weighted by Gasteiger charge is -2.12. The van der Waals surface area contributed by atoms with Gasteiger partial charge < -0.3 is 4.57 Å². The number of hydrogen-bond acceptors (Lipinski definition) is 2. The van der Waals surface area contributed by atoms with Crippen molar-refractivity contribution in [3.8, 4) is 16.8 Å². The number of fused-ring (bicyclic) bond motifs is 5. The van der Waals surface area contributed by atoms with E-state index in [9.17, 15) is 9.59 Å². The van der Waals surface area contributed by atoms with Crippen LogP contribution in [0.25, 0.3) is 38.6 Å². The first-order chi connectivity index (χ1) is 15.2. The fraction of sp³-hybridized carbons (Fsp3) is 0.0370. The van der Waals surface area contributed by atoms with Crippen molar-refractivity contribution in [3.63, 3.8) is 0 Å². The predicted molar refractivity (Wildman–Crippen MR) is 123 cm³/mol. The van der Waals surface area contributed by atoms with Gasteiger partial charge in [-0.05, 0) is 35.4 Å². The average Bonchev–Trinajstić information content (AvgIpc) is 3.27. The molecular formula is C27H18N2O2. The van der Waals surface area contributed by atoms with E-state index >= 15 is 0 Å². The smallest absolute Gasteiger partial charge is 0.263 e. The Kier molecular flexibility index (Phi) is 3.65. The lowest BCUT2D eigenvalue weighted by Crippen LogP contribution is -2.24. The summed E-state index contributed by atoms with van der Waals surface area (Å²) in [4.78, 5) is 27.4. The Morgan fingerprint density at radius 1 is 0.677 bits per heavy atom. The Bertz CT molecular complexity index is 1520. The zero-order valence-corrected chi connectivity index (χ0v) is 16.9. The van der Waals surface area contributed by atoms with Crippen LogP contribution < -0.4 is 0 Å². The Labute approximate surface area is 178 Å². The number of carbonyl (C=O) groups excluding carboxylic acids is 2. The molecule has 0 bridgehead atoms. The molecule has 2 heterocycles. The van der Waals surface area contributed by atoms with E-state index in [0.717, 1.165) is 38.6 Å². The topological polar surface area (TPSA) is 42.3 Å². The SMILES string of the molecule is CN1C(=O)c2cc(-c3ccccc3)c3c4ccccc4n(-c4ccccc4)c3c2C1=O. The van der Waals surface area contributed by atoms with Crippen molar-refractivity contribution >= 4 is 33.6 Å². The molecule has 0 unspecified atom stereocenters. The molecule has 0 saturated carbocycles. The Hall–Kier alpha value is -4.18. The summed E-state index contributed by atoms with van der Waals surface area (Å²) in [6.07, 6.45) is 0. The minimum absolute atomic E-state index is 0.260. The van der Waals surface area contributed by atoms with Crippen molar-refractivity contribution in [2.75, 3.05) is 7.05 Å². The molecule has 5 aromatic rings. The van der Waals surface area contributed by atoms with Gasteiger partial charge in [-0.1, -0.05) is 66.7 Å². The quantitative estimate of drug-likeness (QED) is 0.357. The molecule has 0 saturated heterocycles. The standard InChI is InChI=1S/C27H18N2O2/c1-28-26(30)21-16-20(17-10-4-2-5-11-17)23-19-14-8-9-15-22(19)29(18-12-6-3-7-13-18)25(23)24(21)27(28)31/h2-16H,1H3. The highest BCUT2D eigenvalue weighted by atomic mass is 16.2. The number of hydrogen-bond donors (Lipinski definition) is 0. The molecule has 148 valence electrons. The van der Waals surface area contributed by atoms with Crippen molar-refractivity contribution < 1.29 is 9.59 Å². The van der Waals surface area contributed by atoms with Gasteiger partial charge in [-0.2, -0.15) is 0 Å². The molecule has 1 aromatic heterocycles. The zero-order valence-electron chi connectivity index (χ0n) is 16.9. The van der Waals surface area contributed by atoms with Crippen molar-refractivity contribution in [1.82, 2.24) is 9.47 Å². The molecule has 6 rings (SSSR count). The molecule has 0 atom stereocenters. The minimum atomic E-state index is -0.260. The molecule has 4 aromatic carbocycles. The van der Waals surface area contributed by atoms with Crippen molar-refractivity contribution in [1.29, 1.82) is 0 Å². The van der Waals surface area contributed by atoms with Crippen molar-refractivity contribution in [3.05, 3.63) is 102 Å². The average molecular weight is 402 g/mol. The number of rotatable bonds is 2. The minimum Gasteiger partial charge on any atom is -0.308 e. The van der Waals surface area contributed by atoms with Gasteiger partial charge in [0.05, 0.1) is 22.2 Å². The summed E-state index contributed by atoms with van der Waals surface area (Å²) < 4.78 is 2.11. The fourth-order valence-corrected chi connectivity index (χ4v) is 4.68. The number of amides is 2. The number of nitrogens with zero attached hydrogens (tertiary/aromatic N) is 2. The van der Waals surface area contributed by atoms with Crippen LogP contribution >= 0.6 is 0 Å². The third-order valence-corrected chi connectivity index (χ3v) is 6.09. The number of benzene rings is 4. The lowest BCUT2D eigenvalue weighted by molar-refractivity contribution is 0.0693. The van der Waals surface area contributed by atoms with Gasteiger partial charge in [0.25, 0.3) is 11.8 Å². The van der Waals surface area contributed by atoms with Crippen LogP contribution in [0.3, 0.4) is 0 Å². The van der Waals surface area contributed by atoms with E-state index in [1.54, 1.807) is 7.05 Å². The Morgan fingerprint density at radius 2 is 1.32 bits per heavy atom.